The summed E-state index contributed by atoms with van der Waals surface area (Å²) in [5.41, 5.74) is 3.72. The average Bonchev–Trinajstić information content (AvgIpc) is 3.24. The van der Waals surface area contributed by atoms with Crippen molar-refractivity contribution in [2.24, 2.45) is 5.16 Å². The smallest absolute Gasteiger partial charge is 0.159 e. The van der Waals surface area contributed by atoms with Gasteiger partial charge >= 0.3 is 0 Å². The van der Waals surface area contributed by atoms with Crippen molar-refractivity contribution in [3.8, 4) is 11.6 Å². The molecule has 0 fully saturated rings. The lowest BCUT2D eigenvalue weighted by Gasteiger charge is -2.06. The van der Waals surface area contributed by atoms with E-state index in [0.29, 0.717) is 18.2 Å². The van der Waals surface area contributed by atoms with Crippen molar-refractivity contribution in [3.05, 3.63) is 47.8 Å². The highest BCUT2D eigenvalue weighted by atomic mass is 16.6. The fraction of sp³-hybridized carbons (Fsp3) is 0.389. The molecule has 0 unspecified atom stereocenters. The summed E-state index contributed by atoms with van der Waals surface area (Å²) in [6.45, 7) is 8.62. The van der Waals surface area contributed by atoms with Gasteiger partial charge in [-0.2, -0.15) is 10.2 Å². The third-order valence-electron chi connectivity index (χ3n) is 3.99. The average molecular weight is 353 g/mol. The van der Waals surface area contributed by atoms with Crippen molar-refractivity contribution < 1.29 is 4.84 Å². The Morgan fingerprint density at radius 2 is 1.96 bits per heavy atom. The number of nitrogens with zero attached hydrogens (tertiary/aromatic N) is 7. The Labute approximate surface area is 152 Å². The van der Waals surface area contributed by atoms with E-state index in [9.17, 15) is 0 Å². The summed E-state index contributed by atoms with van der Waals surface area (Å²) in [5, 5.41) is 12.9. The van der Waals surface area contributed by atoms with Gasteiger partial charge in [-0.1, -0.05) is 18.5 Å². The van der Waals surface area contributed by atoms with Crippen LogP contribution < -0.4 is 0 Å². The predicted octanol–water partition coefficient (Wildman–Crippen LogP) is 3.01. The Morgan fingerprint density at radius 1 is 1.15 bits per heavy atom. The van der Waals surface area contributed by atoms with Crippen LogP contribution in [0, 0.1) is 13.8 Å². The number of oxime groups is 1. The summed E-state index contributed by atoms with van der Waals surface area (Å²) in [5.74, 6) is 1.36. The third kappa shape index (κ3) is 3.79. The van der Waals surface area contributed by atoms with Crippen molar-refractivity contribution >= 4 is 5.71 Å². The summed E-state index contributed by atoms with van der Waals surface area (Å²) in [7, 11) is 0. The van der Waals surface area contributed by atoms with E-state index in [1.165, 1.54) is 6.33 Å². The van der Waals surface area contributed by atoms with Crippen LogP contribution in [0.25, 0.3) is 11.6 Å². The summed E-state index contributed by atoms with van der Waals surface area (Å²) in [6, 6.07) is 1.85. The molecule has 8 nitrogen and oxygen atoms in total. The minimum absolute atomic E-state index is 0.625. The molecule has 0 N–H and O–H groups in total. The van der Waals surface area contributed by atoms with Gasteiger partial charge in [0.1, 0.15) is 12.9 Å². The van der Waals surface area contributed by atoms with Gasteiger partial charge in [-0.05, 0) is 32.8 Å². The van der Waals surface area contributed by atoms with E-state index in [2.05, 4.69) is 32.2 Å². The van der Waals surface area contributed by atoms with Crippen molar-refractivity contribution in [1.82, 2.24) is 29.5 Å². The van der Waals surface area contributed by atoms with Crippen LogP contribution in [0.2, 0.25) is 0 Å². The molecule has 0 saturated carbocycles. The molecule has 3 aromatic heterocycles. The fourth-order valence-corrected chi connectivity index (χ4v) is 2.51. The summed E-state index contributed by atoms with van der Waals surface area (Å²) in [4.78, 5) is 14.0. The van der Waals surface area contributed by atoms with Crippen molar-refractivity contribution in [2.45, 2.75) is 40.5 Å². The predicted molar refractivity (Wildman–Crippen MR) is 98.8 cm³/mol. The van der Waals surface area contributed by atoms with Gasteiger partial charge in [0, 0.05) is 17.8 Å². The zero-order chi connectivity index (χ0) is 18.5. The van der Waals surface area contributed by atoms with Gasteiger partial charge in [-0.25, -0.2) is 19.3 Å². The number of unbranched alkanes of at least 4 members (excludes halogenated alkanes) is 1. The van der Waals surface area contributed by atoms with Gasteiger partial charge in [0.2, 0.25) is 0 Å². The lowest BCUT2D eigenvalue weighted by atomic mass is 10.2. The second kappa shape index (κ2) is 7.90. The standard InChI is InChI=1S/C18H23N7O/c1-5-6-7-26-23-14(3)16-10-22-25(15(16)4)18-8-17(19-12-20-18)24-11-13(2)9-21-24/h8-12H,5-7H2,1-4H3/b23-14+. The molecule has 0 radical (unpaired) electrons. The van der Waals surface area contributed by atoms with Crippen LogP contribution >= 0.6 is 0 Å². The lowest BCUT2D eigenvalue weighted by Crippen LogP contribution is -2.07. The topological polar surface area (TPSA) is 83.0 Å². The maximum absolute atomic E-state index is 5.35. The lowest BCUT2D eigenvalue weighted by molar-refractivity contribution is 0.141. The first-order valence-corrected chi connectivity index (χ1v) is 8.65. The first-order chi connectivity index (χ1) is 12.6. The highest BCUT2D eigenvalue weighted by Crippen LogP contribution is 2.15. The largest absolute Gasteiger partial charge is 0.396 e. The Hall–Kier alpha value is -3.03. The molecular weight excluding hydrogens is 330 g/mol. The molecule has 0 amide bonds. The number of rotatable bonds is 7. The normalized spacial score (nSPS) is 11.8. The molecule has 0 saturated heterocycles. The van der Waals surface area contributed by atoms with Gasteiger partial charge < -0.3 is 4.84 Å². The van der Waals surface area contributed by atoms with Gasteiger partial charge in [-0.3, -0.25) is 0 Å². The fourth-order valence-electron chi connectivity index (χ4n) is 2.51. The molecule has 0 aromatic carbocycles. The molecule has 3 heterocycles. The number of hydrogen-bond acceptors (Lipinski definition) is 6. The minimum Gasteiger partial charge on any atom is -0.396 e. The molecule has 3 aromatic rings. The maximum atomic E-state index is 5.35. The highest BCUT2D eigenvalue weighted by molar-refractivity contribution is 5.99. The van der Waals surface area contributed by atoms with E-state index < -0.39 is 0 Å². The van der Waals surface area contributed by atoms with Crippen LogP contribution in [0.4, 0.5) is 0 Å². The molecule has 3 rings (SSSR count). The van der Waals surface area contributed by atoms with Crippen LogP contribution in [-0.4, -0.2) is 41.8 Å². The van der Waals surface area contributed by atoms with Crippen LogP contribution in [0.1, 0.15) is 43.5 Å². The van der Waals surface area contributed by atoms with E-state index in [0.717, 1.165) is 35.4 Å². The summed E-state index contributed by atoms with van der Waals surface area (Å²) >= 11 is 0. The van der Waals surface area contributed by atoms with Gasteiger partial charge in [0.25, 0.3) is 0 Å². The van der Waals surface area contributed by atoms with Crippen molar-refractivity contribution in [2.75, 3.05) is 6.61 Å². The summed E-state index contributed by atoms with van der Waals surface area (Å²) < 4.78 is 3.48. The zero-order valence-corrected chi connectivity index (χ0v) is 15.5. The van der Waals surface area contributed by atoms with E-state index in [1.54, 1.807) is 21.8 Å². The Balaban J connectivity index is 1.86. The molecule has 0 atom stereocenters. The minimum atomic E-state index is 0.625. The first-order valence-electron chi connectivity index (χ1n) is 8.65. The van der Waals surface area contributed by atoms with Gasteiger partial charge in [-0.15, -0.1) is 0 Å². The molecule has 8 heteroatoms. The summed E-state index contributed by atoms with van der Waals surface area (Å²) in [6.07, 6.45) is 9.06. The number of hydrogen-bond donors (Lipinski definition) is 0. The van der Waals surface area contributed by atoms with Crippen molar-refractivity contribution in [1.29, 1.82) is 0 Å². The second-order valence-corrected chi connectivity index (χ2v) is 6.12. The quantitative estimate of drug-likeness (QED) is 0.370. The Morgan fingerprint density at radius 3 is 2.69 bits per heavy atom. The molecule has 26 heavy (non-hydrogen) atoms. The highest BCUT2D eigenvalue weighted by Gasteiger charge is 2.13. The monoisotopic (exact) mass is 353 g/mol. The molecule has 0 aliphatic heterocycles. The van der Waals surface area contributed by atoms with Crippen LogP contribution in [0.15, 0.2) is 36.1 Å². The molecule has 0 aliphatic carbocycles. The second-order valence-electron chi connectivity index (χ2n) is 6.12. The molecule has 0 bridgehead atoms. The third-order valence-corrected chi connectivity index (χ3v) is 3.99. The Kier molecular flexibility index (Phi) is 5.40. The molecule has 0 spiro atoms. The van der Waals surface area contributed by atoms with Crippen molar-refractivity contribution in [3.63, 3.8) is 0 Å². The Bertz CT molecular complexity index is 910. The van der Waals surface area contributed by atoms with Gasteiger partial charge in [0.05, 0.1) is 23.8 Å². The molecule has 0 aliphatic rings. The SMILES string of the molecule is CCCCO/N=C(\C)c1cnn(-c2cc(-n3cc(C)cn3)ncn2)c1C. The zero-order valence-electron chi connectivity index (χ0n) is 15.5. The van der Waals surface area contributed by atoms with E-state index in [-0.39, 0.29) is 0 Å². The molecular formula is C18H23N7O. The van der Waals surface area contributed by atoms with Crippen LogP contribution in [0.3, 0.4) is 0 Å². The van der Waals surface area contributed by atoms with Gasteiger partial charge in [0.15, 0.2) is 11.6 Å². The van der Waals surface area contributed by atoms with E-state index >= 15 is 0 Å². The van der Waals surface area contributed by atoms with Crippen LogP contribution in [0.5, 0.6) is 0 Å². The molecule has 136 valence electrons. The van der Waals surface area contributed by atoms with E-state index in [4.69, 9.17) is 4.84 Å². The van der Waals surface area contributed by atoms with E-state index in [1.807, 2.05) is 33.0 Å². The van der Waals surface area contributed by atoms with Crippen LogP contribution in [-0.2, 0) is 4.84 Å². The number of aromatic nitrogens is 6. The number of aryl methyl sites for hydroxylation is 1. The maximum Gasteiger partial charge on any atom is 0.159 e. The first kappa shape index (κ1) is 17.8.